The first-order valence-corrected chi connectivity index (χ1v) is 7.33. The first-order chi connectivity index (χ1) is 8.35. The van der Waals surface area contributed by atoms with Crippen molar-refractivity contribution in [3.8, 4) is 5.75 Å². The molecule has 1 heterocycles. The van der Waals surface area contributed by atoms with Crippen LogP contribution in [0.1, 0.15) is 30.9 Å². The van der Waals surface area contributed by atoms with Gasteiger partial charge in [-0.15, -0.1) is 0 Å². The van der Waals surface area contributed by atoms with Crippen LogP contribution in [0.2, 0.25) is 0 Å². The van der Waals surface area contributed by atoms with Gasteiger partial charge in [0.1, 0.15) is 5.75 Å². The third-order valence-electron chi connectivity index (χ3n) is 3.35. The fourth-order valence-corrected chi connectivity index (χ4v) is 3.92. The van der Waals surface area contributed by atoms with Crippen LogP contribution < -0.4 is 10.1 Å². The molecule has 1 saturated heterocycles. The highest BCUT2D eigenvalue weighted by Gasteiger charge is 2.24. The molecule has 94 valence electrons. The maximum absolute atomic E-state index is 5.30. The quantitative estimate of drug-likeness (QED) is 0.887. The van der Waals surface area contributed by atoms with E-state index in [0.29, 0.717) is 11.3 Å². The zero-order valence-corrected chi connectivity index (χ0v) is 11.4. The van der Waals surface area contributed by atoms with E-state index in [9.17, 15) is 0 Å². The molecule has 3 heteroatoms. The van der Waals surface area contributed by atoms with Crippen LogP contribution in [0.15, 0.2) is 24.3 Å². The zero-order chi connectivity index (χ0) is 12.1. The summed E-state index contributed by atoms with van der Waals surface area (Å²) in [6, 6.07) is 8.86. The lowest BCUT2D eigenvalue weighted by Crippen LogP contribution is -2.29. The van der Waals surface area contributed by atoms with E-state index < -0.39 is 0 Å². The molecule has 0 spiro atoms. The number of ether oxygens (including phenoxy) is 1. The summed E-state index contributed by atoms with van der Waals surface area (Å²) in [6.07, 6.45) is 4.04. The standard InChI is InChI=1S/C14H21NOS/c1-15-14(13-8-3-4-9-17-13)11-6-5-7-12(10-11)16-2/h5-7,10,13-15H,3-4,8-9H2,1-2H3. The molecule has 2 nitrogen and oxygen atoms in total. The molecular weight excluding hydrogens is 230 g/mol. The maximum Gasteiger partial charge on any atom is 0.119 e. The van der Waals surface area contributed by atoms with Crippen LogP contribution in [0, 0.1) is 0 Å². The second-order valence-corrected chi connectivity index (χ2v) is 5.80. The molecule has 1 aliphatic rings. The van der Waals surface area contributed by atoms with Crippen LogP contribution in [-0.2, 0) is 0 Å². The highest BCUT2D eigenvalue weighted by molar-refractivity contribution is 8.00. The smallest absolute Gasteiger partial charge is 0.119 e. The summed E-state index contributed by atoms with van der Waals surface area (Å²) in [4.78, 5) is 0. The van der Waals surface area contributed by atoms with Crippen molar-refractivity contribution in [3.05, 3.63) is 29.8 Å². The van der Waals surface area contributed by atoms with E-state index in [1.165, 1.54) is 30.6 Å². The highest BCUT2D eigenvalue weighted by Crippen LogP contribution is 2.35. The van der Waals surface area contributed by atoms with Crippen molar-refractivity contribution >= 4 is 11.8 Å². The van der Waals surface area contributed by atoms with Crippen molar-refractivity contribution in [2.24, 2.45) is 0 Å². The van der Waals surface area contributed by atoms with Crippen LogP contribution >= 0.6 is 11.8 Å². The Bertz CT molecular complexity index is 350. The van der Waals surface area contributed by atoms with Gasteiger partial charge in [0.25, 0.3) is 0 Å². The zero-order valence-electron chi connectivity index (χ0n) is 10.6. The molecule has 2 rings (SSSR count). The Hall–Kier alpha value is -0.670. The monoisotopic (exact) mass is 251 g/mol. The van der Waals surface area contributed by atoms with Gasteiger partial charge in [-0.25, -0.2) is 0 Å². The predicted molar refractivity (Wildman–Crippen MR) is 74.9 cm³/mol. The summed E-state index contributed by atoms with van der Waals surface area (Å²) in [6.45, 7) is 0. The lowest BCUT2D eigenvalue weighted by atomic mass is 9.99. The van der Waals surface area contributed by atoms with E-state index in [1.54, 1.807) is 7.11 Å². The Morgan fingerprint density at radius 2 is 2.29 bits per heavy atom. The molecule has 17 heavy (non-hydrogen) atoms. The molecule has 2 atom stereocenters. The van der Waals surface area contributed by atoms with E-state index in [4.69, 9.17) is 4.74 Å². The number of benzene rings is 1. The van der Waals surface area contributed by atoms with Crippen molar-refractivity contribution in [3.63, 3.8) is 0 Å². The van der Waals surface area contributed by atoms with E-state index >= 15 is 0 Å². The molecule has 0 aromatic heterocycles. The number of methoxy groups -OCH3 is 1. The van der Waals surface area contributed by atoms with Crippen LogP contribution in [0.25, 0.3) is 0 Å². The third-order valence-corrected chi connectivity index (χ3v) is 4.81. The molecule has 0 amide bonds. The Morgan fingerprint density at radius 1 is 1.41 bits per heavy atom. The summed E-state index contributed by atoms with van der Waals surface area (Å²) in [5.74, 6) is 2.25. The molecule has 1 aromatic rings. The first kappa shape index (κ1) is 12.8. The largest absolute Gasteiger partial charge is 0.497 e. The Morgan fingerprint density at radius 3 is 2.94 bits per heavy atom. The first-order valence-electron chi connectivity index (χ1n) is 6.28. The van der Waals surface area contributed by atoms with Crippen LogP contribution in [0.5, 0.6) is 5.75 Å². The van der Waals surface area contributed by atoms with Gasteiger partial charge in [-0.05, 0) is 43.3 Å². The van der Waals surface area contributed by atoms with Crippen molar-refractivity contribution in [1.29, 1.82) is 0 Å². The number of thioether (sulfide) groups is 1. The number of hydrogen-bond acceptors (Lipinski definition) is 3. The minimum Gasteiger partial charge on any atom is -0.497 e. The maximum atomic E-state index is 5.30. The van der Waals surface area contributed by atoms with Gasteiger partial charge in [0.15, 0.2) is 0 Å². The van der Waals surface area contributed by atoms with Crippen LogP contribution in [0.4, 0.5) is 0 Å². The van der Waals surface area contributed by atoms with Gasteiger partial charge in [0.05, 0.1) is 7.11 Å². The van der Waals surface area contributed by atoms with Crippen molar-refractivity contribution in [2.75, 3.05) is 19.9 Å². The average Bonchev–Trinajstić information content (AvgIpc) is 2.41. The molecule has 0 saturated carbocycles. The van der Waals surface area contributed by atoms with Gasteiger partial charge in [-0.2, -0.15) is 11.8 Å². The topological polar surface area (TPSA) is 21.3 Å². The number of rotatable bonds is 4. The Balaban J connectivity index is 2.15. The molecule has 0 radical (unpaired) electrons. The molecule has 1 fully saturated rings. The predicted octanol–water partition coefficient (Wildman–Crippen LogP) is 3.24. The summed E-state index contributed by atoms with van der Waals surface area (Å²) < 4.78 is 5.30. The highest BCUT2D eigenvalue weighted by atomic mass is 32.2. The normalized spacial score (nSPS) is 22.1. The second kappa shape index (κ2) is 6.31. The molecule has 0 aliphatic carbocycles. The molecule has 2 unspecified atom stereocenters. The van der Waals surface area contributed by atoms with E-state index in [0.717, 1.165) is 5.75 Å². The third kappa shape index (κ3) is 3.17. The van der Waals surface area contributed by atoms with E-state index in [2.05, 4.69) is 42.3 Å². The molecule has 0 bridgehead atoms. The lowest BCUT2D eigenvalue weighted by molar-refractivity contribution is 0.412. The fraction of sp³-hybridized carbons (Fsp3) is 0.571. The average molecular weight is 251 g/mol. The van der Waals surface area contributed by atoms with Gasteiger partial charge in [-0.3, -0.25) is 0 Å². The molecular formula is C14H21NOS. The van der Waals surface area contributed by atoms with Crippen molar-refractivity contribution < 1.29 is 4.74 Å². The SMILES string of the molecule is CNC(c1cccc(OC)c1)C1CCCCS1. The van der Waals surface area contributed by atoms with Crippen LogP contribution in [-0.4, -0.2) is 25.2 Å². The summed E-state index contributed by atoms with van der Waals surface area (Å²) in [5.41, 5.74) is 1.34. The lowest BCUT2D eigenvalue weighted by Gasteiger charge is -2.30. The molecule has 1 N–H and O–H groups in total. The number of hydrogen-bond donors (Lipinski definition) is 1. The fourth-order valence-electron chi connectivity index (χ4n) is 2.43. The number of nitrogens with one attached hydrogen (secondary N) is 1. The Kier molecular flexibility index (Phi) is 4.75. The summed E-state index contributed by atoms with van der Waals surface area (Å²) in [5, 5.41) is 4.16. The summed E-state index contributed by atoms with van der Waals surface area (Å²) >= 11 is 2.10. The summed E-state index contributed by atoms with van der Waals surface area (Å²) in [7, 11) is 3.78. The van der Waals surface area contributed by atoms with E-state index in [-0.39, 0.29) is 0 Å². The van der Waals surface area contributed by atoms with Crippen LogP contribution in [0.3, 0.4) is 0 Å². The molecule has 1 aromatic carbocycles. The van der Waals surface area contributed by atoms with Gasteiger partial charge < -0.3 is 10.1 Å². The minimum atomic E-state index is 0.440. The van der Waals surface area contributed by atoms with Gasteiger partial charge in [0, 0.05) is 11.3 Å². The van der Waals surface area contributed by atoms with Gasteiger partial charge in [-0.1, -0.05) is 18.6 Å². The minimum absolute atomic E-state index is 0.440. The molecule has 1 aliphatic heterocycles. The van der Waals surface area contributed by atoms with E-state index in [1.807, 2.05) is 6.07 Å². The Labute approximate surface area is 108 Å². The van der Waals surface area contributed by atoms with Gasteiger partial charge in [0.2, 0.25) is 0 Å². The van der Waals surface area contributed by atoms with Gasteiger partial charge >= 0.3 is 0 Å². The van der Waals surface area contributed by atoms with Crippen molar-refractivity contribution in [2.45, 2.75) is 30.6 Å². The van der Waals surface area contributed by atoms with Crippen molar-refractivity contribution in [1.82, 2.24) is 5.32 Å². The second-order valence-electron chi connectivity index (χ2n) is 4.45.